The van der Waals surface area contributed by atoms with E-state index in [-0.39, 0.29) is 98.1 Å². The Bertz CT molecular complexity index is 82.3. The molecule has 0 saturated carbocycles. The maximum atomic E-state index is 2.20. The minimum atomic E-state index is 0. The van der Waals surface area contributed by atoms with E-state index in [2.05, 4.69) is 18.1 Å². The van der Waals surface area contributed by atoms with Gasteiger partial charge in [-0.3, -0.25) is 5.75 Å². The molecule has 4 heteroatoms. The van der Waals surface area contributed by atoms with Gasteiger partial charge in [-0.25, -0.2) is 0 Å². The van der Waals surface area contributed by atoms with Crippen LogP contribution in [0, 0.1) is 5.75 Å². The Balaban J connectivity index is -0.000000120. The van der Waals surface area contributed by atoms with E-state index in [4.69, 9.17) is 0 Å². The van der Waals surface area contributed by atoms with E-state index in [1.165, 1.54) is 12.0 Å². The topological polar surface area (TPSA) is 0 Å². The summed E-state index contributed by atoms with van der Waals surface area (Å²) in [4.78, 5) is 0. The predicted molar refractivity (Wildman–Crippen MR) is 30.3 cm³/mol. The molecular formula is C5H7SY3-. The standard InChI is InChI=1S/C5H7S.3Y/c1-5-2-3-6-4-5;;;/h3-4H,2H2,1H3;;;/q-1;;;. The van der Waals surface area contributed by atoms with Crippen molar-refractivity contribution in [3.05, 3.63) is 16.7 Å². The predicted octanol–water partition coefficient (Wildman–Crippen LogP) is 2.18. The molecule has 0 aromatic heterocycles. The van der Waals surface area contributed by atoms with Gasteiger partial charge in [0.25, 0.3) is 0 Å². The fourth-order valence-electron chi connectivity index (χ4n) is 0.392. The van der Waals surface area contributed by atoms with Crippen molar-refractivity contribution in [3.63, 3.8) is 0 Å². The second kappa shape index (κ2) is 11.4. The molecular weight excluding hydrogens is 359 g/mol. The zero-order valence-corrected chi connectivity index (χ0v) is 14.8. The fraction of sp³-hybridized carbons (Fsp3) is 0.400. The molecule has 1 heterocycles. The minimum Gasteiger partial charge on any atom is -0.324 e. The van der Waals surface area contributed by atoms with Crippen molar-refractivity contribution in [2.24, 2.45) is 0 Å². The van der Waals surface area contributed by atoms with Crippen molar-refractivity contribution in [3.8, 4) is 0 Å². The van der Waals surface area contributed by atoms with Crippen molar-refractivity contribution in [1.82, 2.24) is 0 Å². The molecule has 0 saturated heterocycles. The Morgan fingerprint density at radius 2 is 2.00 bits per heavy atom. The summed E-state index contributed by atoms with van der Waals surface area (Å²) in [7, 11) is 0. The third-order valence-corrected chi connectivity index (χ3v) is 1.67. The Morgan fingerprint density at radius 1 is 1.44 bits per heavy atom. The first-order valence-corrected chi connectivity index (χ1v) is 2.96. The first-order valence-electron chi connectivity index (χ1n) is 2.02. The summed E-state index contributed by atoms with van der Waals surface area (Å²) in [5.41, 5.74) is 1.49. The molecule has 0 aromatic carbocycles. The molecule has 3 radical (unpaired) electrons. The fourth-order valence-corrected chi connectivity index (χ4v) is 1.18. The summed E-state index contributed by atoms with van der Waals surface area (Å²) in [5, 5.41) is 2.18. The van der Waals surface area contributed by atoms with E-state index in [1.54, 1.807) is 11.8 Å². The molecule has 1 rings (SSSR count). The van der Waals surface area contributed by atoms with E-state index >= 15 is 0 Å². The normalized spacial score (nSPS) is 14.1. The number of thioether (sulfide) groups is 1. The number of allylic oxidation sites excluding steroid dienone is 1. The molecule has 0 atom stereocenters. The van der Waals surface area contributed by atoms with Crippen LogP contribution in [-0.4, -0.2) is 0 Å². The van der Waals surface area contributed by atoms with Crippen LogP contribution in [0.2, 0.25) is 0 Å². The van der Waals surface area contributed by atoms with Crippen LogP contribution in [0.1, 0.15) is 13.3 Å². The quantitative estimate of drug-likeness (QED) is 0.593. The second-order valence-corrected chi connectivity index (χ2v) is 2.31. The van der Waals surface area contributed by atoms with Crippen LogP contribution in [-0.2, 0) is 98.1 Å². The van der Waals surface area contributed by atoms with E-state index in [9.17, 15) is 0 Å². The SMILES string of the molecule is CC1=CS[CH-]C1.[Y].[Y].[Y]. The summed E-state index contributed by atoms with van der Waals surface area (Å²) in [6.45, 7) is 2.15. The van der Waals surface area contributed by atoms with Gasteiger partial charge in [-0.15, -0.1) is 6.42 Å². The zero-order valence-electron chi connectivity index (χ0n) is 5.50. The summed E-state index contributed by atoms with van der Waals surface area (Å²) in [6.07, 6.45) is 1.19. The van der Waals surface area contributed by atoms with E-state index in [0.717, 1.165) is 0 Å². The van der Waals surface area contributed by atoms with Gasteiger partial charge in [-0.1, -0.05) is 11.0 Å². The first kappa shape index (κ1) is 18.2. The van der Waals surface area contributed by atoms with Gasteiger partial charge in [0.2, 0.25) is 0 Å². The van der Waals surface area contributed by atoms with Crippen molar-refractivity contribution in [1.29, 1.82) is 0 Å². The number of hydrogen-bond donors (Lipinski definition) is 0. The number of hydrogen-bond acceptors (Lipinski definition) is 1. The molecule has 0 bridgehead atoms. The average Bonchev–Trinajstić information content (AvgIpc) is 1.86. The van der Waals surface area contributed by atoms with Crippen molar-refractivity contribution < 1.29 is 98.1 Å². The molecule has 43 valence electrons. The third-order valence-electron chi connectivity index (χ3n) is 0.771. The van der Waals surface area contributed by atoms with Crippen LogP contribution < -0.4 is 0 Å². The summed E-state index contributed by atoms with van der Waals surface area (Å²) >= 11 is 1.80. The Labute approximate surface area is 137 Å². The van der Waals surface area contributed by atoms with Crippen molar-refractivity contribution in [2.75, 3.05) is 0 Å². The Morgan fingerprint density at radius 3 is 2.11 bits per heavy atom. The molecule has 1 aliphatic heterocycles. The van der Waals surface area contributed by atoms with Crippen LogP contribution in [0.5, 0.6) is 0 Å². The summed E-state index contributed by atoms with van der Waals surface area (Å²) in [5.74, 6) is 2.20. The molecule has 0 nitrogen and oxygen atoms in total. The molecule has 0 aliphatic carbocycles. The van der Waals surface area contributed by atoms with Gasteiger partial charge >= 0.3 is 0 Å². The summed E-state index contributed by atoms with van der Waals surface area (Å²) < 4.78 is 0. The van der Waals surface area contributed by atoms with Gasteiger partial charge in [0.05, 0.1) is 0 Å². The Kier molecular flexibility index (Phi) is 23.1. The summed E-state index contributed by atoms with van der Waals surface area (Å²) in [6, 6.07) is 0. The van der Waals surface area contributed by atoms with E-state index < -0.39 is 0 Å². The van der Waals surface area contributed by atoms with Crippen LogP contribution in [0.25, 0.3) is 0 Å². The van der Waals surface area contributed by atoms with Crippen molar-refractivity contribution >= 4 is 11.8 Å². The van der Waals surface area contributed by atoms with Gasteiger partial charge in [-0.2, -0.15) is 0 Å². The van der Waals surface area contributed by atoms with Gasteiger partial charge < -0.3 is 11.8 Å². The molecule has 0 amide bonds. The molecule has 0 unspecified atom stereocenters. The Hall–Kier alpha value is 3.40. The van der Waals surface area contributed by atoms with Crippen LogP contribution in [0.15, 0.2) is 11.0 Å². The van der Waals surface area contributed by atoms with Gasteiger partial charge in [-0.05, 0) is 6.92 Å². The van der Waals surface area contributed by atoms with Crippen LogP contribution in [0.3, 0.4) is 0 Å². The second-order valence-electron chi connectivity index (χ2n) is 1.47. The van der Waals surface area contributed by atoms with Crippen molar-refractivity contribution in [2.45, 2.75) is 13.3 Å². The molecule has 0 spiro atoms. The molecule has 1 aliphatic rings. The molecule has 9 heavy (non-hydrogen) atoms. The first-order chi connectivity index (χ1) is 2.89. The zero-order chi connectivity index (χ0) is 4.41. The van der Waals surface area contributed by atoms with Gasteiger partial charge in [0, 0.05) is 98.1 Å². The van der Waals surface area contributed by atoms with Gasteiger partial charge in [0.15, 0.2) is 0 Å². The maximum absolute atomic E-state index is 2.20. The van der Waals surface area contributed by atoms with E-state index in [1.807, 2.05) is 0 Å². The van der Waals surface area contributed by atoms with Crippen LogP contribution >= 0.6 is 11.8 Å². The third kappa shape index (κ3) is 9.31. The van der Waals surface area contributed by atoms with E-state index in [0.29, 0.717) is 0 Å². The van der Waals surface area contributed by atoms with Gasteiger partial charge in [0.1, 0.15) is 0 Å². The molecule has 0 N–H and O–H groups in total. The smallest absolute Gasteiger partial charge is 0 e. The molecule has 0 fully saturated rings. The largest absolute Gasteiger partial charge is 0.324 e. The van der Waals surface area contributed by atoms with Crippen LogP contribution in [0.4, 0.5) is 0 Å². The minimum absolute atomic E-state index is 0. The monoisotopic (exact) mass is 366 g/mol. The maximum Gasteiger partial charge on any atom is 0 e. The average molecular weight is 366 g/mol. The molecule has 0 aromatic rings. The number of rotatable bonds is 0.